The molecule has 0 spiro atoms. The summed E-state index contributed by atoms with van der Waals surface area (Å²) in [5.74, 6) is 2.35. The van der Waals surface area contributed by atoms with Gasteiger partial charge in [0.2, 0.25) is 0 Å². The summed E-state index contributed by atoms with van der Waals surface area (Å²) in [6.07, 6.45) is 6.78. The van der Waals surface area contributed by atoms with Crippen LogP contribution in [0, 0.1) is 5.92 Å². The van der Waals surface area contributed by atoms with E-state index in [-0.39, 0.29) is 0 Å². The van der Waals surface area contributed by atoms with E-state index in [2.05, 4.69) is 52.8 Å². The maximum Gasteiger partial charge on any atom is 0.191 e. The van der Waals surface area contributed by atoms with Crippen LogP contribution in [0.1, 0.15) is 51.5 Å². The van der Waals surface area contributed by atoms with Crippen molar-refractivity contribution in [3.63, 3.8) is 0 Å². The Labute approximate surface area is 185 Å². The predicted octanol–water partition coefficient (Wildman–Crippen LogP) is 3.19. The molecule has 1 saturated heterocycles. The zero-order valence-electron chi connectivity index (χ0n) is 18.8. The summed E-state index contributed by atoms with van der Waals surface area (Å²) < 4.78 is 12.2. The van der Waals surface area contributed by atoms with Crippen molar-refractivity contribution < 1.29 is 4.21 Å². The number of likely N-dealkylation sites (tertiary alicyclic amines) is 1. The molecule has 1 aromatic carbocycles. The third-order valence-electron chi connectivity index (χ3n) is 6.40. The standard InChI is InChI=1S/C24H40N4OS/c1-3-25-24(27-22-11-8-12-23(17-22)30(29)4-2)26-18-21-14-16-28(19-21)15-13-20-9-6-5-7-10-20/h5-7,9-10,21-23H,3-4,8,11-19H2,1-2H3,(H2,25,26,27). The normalized spacial score (nSPS) is 26.5. The summed E-state index contributed by atoms with van der Waals surface area (Å²) in [6.45, 7) is 9.38. The molecule has 0 amide bonds. The largest absolute Gasteiger partial charge is 0.357 e. The number of nitrogens with one attached hydrogen (secondary N) is 2. The molecule has 30 heavy (non-hydrogen) atoms. The van der Waals surface area contributed by atoms with Gasteiger partial charge in [-0.05, 0) is 57.1 Å². The minimum Gasteiger partial charge on any atom is -0.357 e. The maximum atomic E-state index is 12.2. The Morgan fingerprint density at radius 1 is 1.20 bits per heavy atom. The van der Waals surface area contributed by atoms with Crippen LogP contribution in [0.5, 0.6) is 0 Å². The number of rotatable bonds is 9. The Morgan fingerprint density at radius 3 is 2.80 bits per heavy atom. The molecule has 6 heteroatoms. The number of guanidine groups is 1. The second-order valence-electron chi connectivity index (χ2n) is 8.71. The molecular formula is C24H40N4OS. The minimum atomic E-state index is -0.684. The molecule has 4 atom stereocenters. The molecule has 5 nitrogen and oxygen atoms in total. The Balaban J connectivity index is 1.44. The average molecular weight is 433 g/mol. The van der Waals surface area contributed by atoms with Crippen LogP contribution in [-0.4, -0.2) is 64.8 Å². The molecular weight excluding hydrogens is 392 g/mol. The predicted molar refractivity (Wildman–Crippen MR) is 129 cm³/mol. The summed E-state index contributed by atoms with van der Waals surface area (Å²) >= 11 is 0. The molecule has 1 aliphatic carbocycles. The summed E-state index contributed by atoms with van der Waals surface area (Å²) in [7, 11) is -0.684. The number of hydrogen-bond donors (Lipinski definition) is 2. The zero-order valence-corrected chi connectivity index (χ0v) is 19.6. The third kappa shape index (κ3) is 7.38. The number of nitrogens with zero attached hydrogens (tertiary/aromatic N) is 2. The zero-order chi connectivity index (χ0) is 21.2. The lowest BCUT2D eigenvalue weighted by Crippen LogP contribution is -2.46. The van der Waals surface area contributed by atoms with E-state index in [0.29, 0.717) is 17.2 Å². The van der Waals surface area contributed by atoms with Crippen LogP contribution in [0.15, 0.2) is 35.3 Å². The molecule has 4 unspecified atom stereocenters. The number of hydrogen-bond acceptors (Lipinski definition) is 3. The van der Waals surface area contributed by atoms with Gasteiger partial charge in [-0.1, -0.05) is 43.7 Å². The van der Waals surface area contributed by atoms with Crippen molar-refractivity contribution in [3.05, 3.63) is 35.9 Å². The molecule has 1 saturated carbocycles. The fourth-order valence-electron chi connectivity index (χ4n) is 4.68. The van der Waals surface area contributed by atoms with E-state index >= 15 is 0 Å². The average Bonchev–Trinajstić information content (AvgIpc) is 3.24. The number of benzene rings is 1. The molecule has 168 valence electrons. The highest BCUT2D eigenvalue weighted by Gasteiger charge is 2.26. The van der Waals surface area contributed by atoms with E-state index in [1.165, 1.54) is 18.5 Å². The van der Waals surface area contributed by atoms with Gasteiger partial charge in [0.05, 0.1) is 0 Å². The van der Waals surface area contributed by atoms with Crippen molar-refractivity contribution in [2.24, 2.45) is 10.9 Å². The van der Waals surface area contributed by atoms with Crippen molar-refractivity contribution in [3.8, 4) is 0 Å². The number of aliphatic imine (C=N–C) groups is 1. The van der Waals surface area contributed by atoms with E-state index in [9.17, 15) is 4.21 Å². The van der Waals surface area contributed by atoms with Crippen molar-refractivity contribution in [2.45, 2.75) is 63.7 Å². The van der Waals surface area contributed by atoms with Crippen molar-refractivity contribution in [2.75, 3.05) is 38.5 Å². The fraction of sp³-hybridized carbons (Fsp3) is 0.708. The van der Waals surface area contributed by atoms with Crippen molar-refractivity contribution in [1.82, 2.24) is 15.5 Å². The van der Waals surface area contributed by atoms with Crippen LogP contribution >= 0.6 is 0 Å². The monoisotopic (exact) mass is 432 g/mol. The first kappa shape index (κ1) is 23.3. The minimum absolute atomic E-state index is 0.345. The molecule has 2 aliphatic rings. The highest BCUT2D eigenvalue weighted by Crippen LogP contribution is 2.23. The first-order valence-corrected chi connectivity index (χ1v) is 13.2. The lowest BCUT2D eigenvalue weighted by molar-refractivity contribution is 0.329. The molecule has 1 heterocycles. The van der Waals surface area contributed by atoms with Crippen LogP contribution in [0.25, 0.3) is 0 Å². The fourth-order valence-corrected chi connectivity index (χ4v) is 6.03. The summed E-state index contributed by atoms with van der Waals surface area (Å²) in [5, 5.41) is 7.40. The Hall–Kier alpha value is -1.40. The van der Waals surface area contributed by atoms with E-state index in [4.69, 9.17) is 4.99 Å². The molecule has 0 bridgehead atoms. The molecule has 3 rings (SSSR count). The van der Waals surface area contributed by atoms with E-state index in [0.717, 1.165) is 70.0 Å². The molecule has 1 aromatic rings. The Kier molecular flexibility index (Phi) is 9.66. The van der Waals surface area contributed by atoms with Gasteiger partial charge in [0, 0.05) is 54.0 Å². The third-order valence-corrected chi connectivity index (χ3v) is 8.15. The second-order valence-corrected chi connectivity index (χ2v) is 10.7. The van der Waals surface area contributed by atoms with Gasteiger partial charge < -0.3 is 15.5 Å². The Bertz CT molecular complexity index is 681. The van der Waals surface area contributed by atoms with Crippen LogP contribution < -0.4 is 10.6 Å². The van der Waals surface area contributed by atoms with Crippen LogP contribution in [0.4, 0.5) is 0 Å². The van der Waals surface area contributed by atoms with E-state index in [1.807, 2.05) is 6.92 Å². The van der Waals surface area contributed by atoms with Crippen molar-refractivity contribution in [1.29, 1.82) is 0 Å². The lowest BCUT2D eigenvalue weighted by atomic mass is 9.95. The molecule has 2 N–H and O–H groups in total. The van der Waals surface area contributed by atoms with Gasteiger partial charge in [-0.2, -0.15) is 0 Å². The van der Waals surface area contributed by atoms with E-state index in [1.54, 1.807) is 0 Å². The summed E-state index contributed by atoms with van der Waals surface area (Å²) in [6, 6.07) is 11.2. The second kappa shape index (κ2) is 12.5. The van der Waals surface area contributed by atoms with Gasteiger partial charge in [0.25, 0.3) is 0 Å². The molecule has 0 radical (unpaired) electrons. The first-order chi connectivity index (χ1) is 14.7. The smallest absolute Gasteiger partial charge is 0.191 e. The van der Waals surface area contributed by atoms with E-state index < -0.39 is 10.8 Å². The topological polar surface area (TPSA) is 56.7 Å². The Morgan fingerprint density at radius 2 is 2.03 bits per heavy atom. The summed E-state index contributed by atoms with van der Waals surface area (Å²) in [4.78, 5) is 7.51. The van der Waals surface area contributed by atoms with Crippen LogP contribution in [0.2, 0.25) is 0 Å². The van der Waals surface area contributed by atoms with Gasteiger partial charge in [-0.15, -0.1) is 0 Å². The summed E-state index contributed by atoms with van der Waals surface area (Å²) in [5.41, 5.74) is 1.42. The van der Waals surface area contributed by atoms with Crippen molar-refractivity contribution >= 4 is 16.8 Å². The van der Waals surface area contributed by atoms with Gasteiger partial charge in [0.1, 0.15) is 0 Å². The van der Waals surface area contributed by atoms with Gasteiger partial charge in [0.15, 0.2) is 5.96 Å². The molecule has 2 fully saturated rings. The quantitative estimate of drug-likeness (QED) is 0.465. The SMILES string of the molecule is CCNC(=NCC1CCN(CCc2ccccc2)C1)NC1CCCC(S(=O)CC)C1. The highest BCUT2D eigenvalue weighted by atomic mass is 32.2. The maximum absolute atomic E-state index is 12.2. The van der Waals surface area contributed by atoms with Crippen LogP contribution in [-0.2, 0) is 17.2 Å². The lowest BCUT2D eigenvalue weighted by Gasteiger charge is -2.30. The van der Waals surface area contributed by atoms with Crippen LogP contribution in [0.3, 0.4) is 0 Å². The first-order valence-electron chi connectivity index (χ1n) is 11.9. The molecule has 1 aliphatic heterocycles. The van der Waals surface area contributed by atoms with Gasteiger partial charge in [-0.25, -0.2) is 0 Å². The molecule has 0 aromatic heterocycles. The van der Waals surface area contributed by atoms with Gasteiger partial charge in [-0.3, -0.25) is 9.20 Å². The highest BCUT2D eigenvalue weighted by molar-refractivity contribution is 7.85. The van der Waals surface area contributed by atoms with Gasteiger partial charge >= 0.3 is 0 Å².